The summed E-state index contributed by atoms with van der Waals surface area (Å²) in [6.45, 7) is 8.98. The van der Waals surface area contributed by atoms with Crippen molar-refractivity contribution in [2.24, 2.45) is 5.92 Å². The Bertz CT molecular complexity index is 1610. The molecule has 0 fully saturated rings. The number of rotatable bonds is 15. The van der Waals surface area contributed by atoms with E-state index in [4.69, 9.17) is 9.47 Å². The van der Waals surface area contributed by atoms with Gasteiger partial charge in [-0.1, -0.05) is 61.9 Å². The third kappa shape index (κ3) is 10.5. The number of hydrogen-bond acceptors (Lipinski definition) is 11. The van der Waals surface area contributed by atoms with Crippen molar-refractivity contribution in [1.82, 2.24) is 41.6 Å². The molecule has 2 aromatic heterocycles. The van der Waals surface area contributed by atoms with Gasteiger partial charge in [-0.15, -0.1) is 10.2 Å². The monoisotopic (exact) mass is 691 g/mol. The molecule has 0 unspecified atom stereocenters. The first-order valence-electron chi connectivity index (χ1n) is 16.6. The molecule has 3 aromatic rings. The first kappa shape index (κ1) is 37.4. The summed E-state index contributed by atoms with van der Waals surface area (Å²) >= 11 is 0. The number of carbonyl (C=O) groups excluding carboxylic acids is 5. The Morgan fingerprint density at radius 2 is 1.82 bits per heavy atom. The van der Waals surface area contributed by atoms with Crippen LogP contribution in [0, 0.1) is 5.92 Å². The third-order valence-electron chi connectivity index (χ3n) is 8.06. The number of anilines is 1. The fourth-order valence-corrected chi connectivity index (χ4v) is 5.32. The van der Waals surface area contributed by atoms with Crippen LogP contribution < -0.4 is 20.9 Å². The van der Waals surface area contributed by atoms with E-state index in [0.29, 0.717) is 24.2 Å². The molecule has 3 heterocycles. The number of benzene rings is 1. The van der Waals surface area contributed by atoms with E-state index in [-0.39, 0.29) is 44.1 Å². The molecule has 4 rings (SSSR count). The standard InChI is InChI=1S/C34H45N9O7/c1-6-21(2)28(38-33(48)50-34(3,4)5)31(46)37-24(14-15-27(44)49-20-22-11-8-7-9-12-22)32(47)43-25(19-23-13-10-17-35-29(23)43)30(45)36-18-16-26-39-41-42-40-26/h7-13,17,21,24-25,28H,6,14-16,18-20H2,1-5H3,(H,36,45)(H,37,46)(H,38,48)(H,39,40,41,42)/t21-,24-,25-,28-/m0/s1. The van der Waals surface area contributed by atoms with Crippen LogP contribution in [0.25, 0.3) is 0 Å². The summed E-state index contributed by atoms with van der Waals surface area (Å²) in [5.74, 6) is -1.99. The van der Waals surface area contributed by atoms with E-state index in [9.17, 15) is 24.0 Å². The van der Waals surface area contributed by atoms with Crippen molar-refractivity contribution in [3.05, 3.63) is 65.6 Å². The molecule has 0 spiro atoms. The van der Waals surface area contributed by atoms with Gasteiger partial charge in [-0.05, 0) is 50.3 Å². The van der Waals surface area contributed by atoms with Crippen LogP contribution in [0.4, 0.5) is 10.6 Å². The summed E-state index contributed by atoms with van der Waals surface area (Å²) in [6.07, 6.45) is 1.35. The highest BCUT2D eigenvalue weighted by Crippen LogP contribution is 2.31. The van der Waals surface area contributed by atoms with Gasteiger partial charge in [0, 0.05) is 32.0 Å². The number of esters is 1. The van der Waals surface area contributed by atoms with Crippen molar-refractivity contribution in [1.29, 1.82) is 0 Å². The number of nitrogens with zero attached hydrogens (tertiary/aromatic N) is 5. The van der Waals surface area contributed by atoms with E-state index in [1.54, 1.807) is 39.8 Å². The minimum absolute atomic E-state index is 0.0378. The number of nitrogens with one attached hydrogen (secondary N) is 4. The molecule has 268 valence electrons. The van der Waals surface area contributed by atoms with Crippen LogP contribution in [0.15, 0.2) is 48.7 Å². The molecule has 4 N–H and O–H groups in total. The van der Waals surface area contributed by atoms with Crippen molar-refractivity contribution >= 4 is 35.6 Å². The lowest BCUT2D eigenvalue weighted by atomic mass is 9.97. The summed E-state index contributed by atoms with van der Waals surface area (Å²) in [4.78, 5) is 73.1. The first-order chi connectivity index (χ1) is 23.9. The van der Waals surface area contributed by atoms with Gasteiger partial charge in [0.15, 0.2) is 5.82 Å². The van der Waals surface area contributed by atoms with Crippen LogP contribution in [0.3, 0.4) is 0 Å². The van der Waals surface area contributed by atoms with Crippen molar-refractivity contribution in [3.8, 4) is 0 Å². The maximum atomic E-state index is 14.5. The Morgan fingerprint density at radius 1 is 1.06 bits per heavy atom. The summed E-state index contributed by atoms with van der Waals surface area (Å²) < 4.78 is 10.8. The summed E-state index contributed by atoms with van der Waals surface area (Å²) in [5, 5.41) is 21.9. The third-order valence-corrected chi connectivity index (χ3v) is 8.06. The van der Waals surface area contributed by atoms with Gasteiger partial charge in [0.1, 0.15) is 36.2 Å². The Morgan fingerprint density at radius 3 is 2.50 bits per heavy atom. The van der Waals surface area contributed by atoms with Crippen LogP contribution in [0.1, 0.15) is 70.8 Å². The van der Waals surface area contributed by atoms with E-state index in [1.165, 1.54) is 11.1 Å². The van der Waals surface area contributed by atoms with E-state index in [1.807, 2.05) is 37.3 Å². The van der Waals surface area contributed by atoms with E-state index in [0.717, 1.165) is 5.56 Å². The topological polar surface area (TPSA) is 210 Å². The molecule has 0 bridgehead atoms. The summed E-state index contributed by atoms with van der Waals surface area (Å²) in [5.41, 5.74) is 0.645. The number of carbonyl (C=O) groups is 5. The number of aromatic amines is 1. The van der Waals surface area contributed by atoms with E-state index < -0.39 is 53.5 Å². The zero-order valence-corrected chi connectivity index (χ0v) is 29.0. The van der Waals surface area contributed by atoms with Crippen molar-refractivity contribution in [2.45, 2.75) is 97.1 Å². The number of pyridine rings is 1. The number of tetrazole rings is 1. The van der Waals surface area contributed by atoms with Crippen LogP contribution in [-0.4, -0.2) is 85.7 Å². The molecule has 4 amide bonds. The number of alkyl carbamates (subject to hydrolysis) is 1. The van der Waals surface area contributed by atoms with Crippen molar-refractivity contribution < 1.29 is 33.4 Å². The Labute approximate surface area is 290 Å². The fourth-order valence-electron chi connectivity index (χ4n) is 5.32. The first-order valence-corrected chi connectivity index (χ1v) is 16.6. The lowest BCUT2D eigenvalue weighted by molar-refractivity contribution is -0.145. The number of hydrogen-bond donors (Lipinski definition) is 4. The van der Waals surface area contributed by atoms with Gasteiger partial charge < -0.3 is 25.4 Å². The predicted molar refractivity (Wildman–Crippen MR) is 180 cm³/mol. The van der Waals surface area contributed by atoms with E-state index in [2.05, 4.69) is 41.6 Å². The van der Waals surface area contributed by atoms with Gasteiger partial charge in [-0.3, -0.25) is 24.1 Å². The molecule has 1 aromatic carbocycles. The lowest BCUT2D eigenvalue weighted by Gasteiger charge is -2.31. The molecule has 0 saturated heterocycles. The van der Waals surface area contributed by atoms with Crippen LogP contribution in [0.5, 0.6) is 0 Å². The second-order valence-corrected chi connectivity index (χ2v) is 13.0. The highest BCUT2D eigenvalue weighted by Gasteiger charge is 2.43. The molecular formula is C34H45N9O7. The van der Waals surface area contributed by atoms with Gasteiger partial charge in [0.2, 0.25) is 11.8 Å². The number of ether oxygens (including phenoxy) is 2. The van der Waals surface area contributed by atoms with Crippen molar-refractivity contribution in [3.63, 3.8) is 0 Å². The normalized spacial score (nSPS) is 15.6. The highest BCUT2D eigenvalue weighted by molar-refractivity contribution is 6.06. The summed E-state index contributed by atoms with van der Waals surface area (Å²) in [6, 6.07) is 9.26. The SMILES string of the molecule is CC[C@H](C)[C@H](NC(=O)OC(C)(C)C)C(=O)N[C@@H](CCC(=O)OCc1ccccc1)C(=O)N1c2ncccc2C[C@H]1C(=O)NCCc1nn[nH]n1. The van der Waals surface area contributed by atoms with Crippen LogP contribution >= 0.6 is 0 Å². The molecule has 1 aliphatic rings. The number of H-pyrrole nitrogens is 1. The van der Waals surface area contributed by atoms with Gasteiger partial charge >= 0.3 is 12.1 Å². The zero-order chi connectivity index (χ0) is 36.3. The second kappa shape index (κ2) is 17.3. The quantitative estimate of drug-likeness (QED) is 0.170. The minimum atomic E-state index is -1.29. The molecule has 16 heteroatoms. The average molecular weight is 692 g/mol. The molecule has 0 saturated carbocycles. The minimum Gasteiger partial charge on any atom is -0.461 e. The zero-order valence-electron chi connectivity index (χ0n) is 29.0. The molecular weight excluding hydrogens is 646 g/mol. The van der Waals surface area contributed by atoms with Crippen LogP contribution in [0.2, 0.25) is 0 Å². The number of fused-ring (bicyclic) bond motifs is 1. The van der Waals surface area contributed by atoms with Gasteiger partial charge in [-0.25, -0.2) is 9.78 Å². The predicted octanol–water partition coefficient (Wildman–Crippen LogP) is 2.16. The van der Waals surface area contributed by atoms with Crippen LogP contribution in [-0.2, 0) is 48.1 Å². The van der Waals surface area contributed by atoms with Gasteiger partial charge in [0.25, 0.3) is 5.91 Å². The second-order valence-electron chi connectivity index (χ2n) is 13.0. The molecule has 4 atom stereocenters. The Hall–Kier alpha value is -5.41. The molecule has 0 radical (unpaired) electrons. The maximum Gasteiger partial charge on any atom is 0.408 e. The fraction of sp³-hybridized carbons (Fsp3) is 0.500. The molecule has 16 nitrogen and oxygen atoms in total. The summed E-state index contributed by atoms with van der Waals surface area (Å²) in [7, 11) is 0. The number of aromatic nitrogens is 5. The lowest BCUT2D eigenvalue weighted by Crippen LogP contribution is -2.59. The largest absolute Gasteiger partial charge is 0.461 e. The molecule has 50 heavy (non-hydrogen) atoms. The highest BCUT2D eigenvalue weighted by atomic mass is 16.6. The molecule has 0 aliphatic carbocycles. The maximum absolute atomic E-state index is 14.5. The Balaban J connectivity index is 1.56. The average Bonchev–Trinajstić information content (AvgIpc) is 3.75. The smallest absolute Gasteiger partial charge is 0.408 e. The van der Waals surface area contributed by atoms with E-state index >= 15 is 0 Å². The van der Waals surface area contributed by atoms with Gasteiger partial charge in [-0.2, -0.15) is 5.21 Å². The van der Waals surface area contributed by atoms with Gasteiger partial charge in [0.05, 0.1) is 0 Å². The Kier molecular flexibility index (Phi) is 12.9. The molecule has 1 aliphatic heterocycles. The number of amides is 4. The van der Waals surface area contributed by atoms with Crippen molar-refractivity contribution in [2.75, 3.05) is 11.4 Å².